The van der Waals surface area contributed by atoms with E-state index in [4.69, 9.17) is 44.1 Å². The highest BCUT2D eigenvalue weighted by Crippen LogP contribution is 2.39. The Labute approximate surface area is 257 Å². The van der Waals surface area contributed by atoms with Gasteiger partial charge in [-0.1, -0.05) is 58.2 Å². The van der Waals surface area contributed by atoms with Crippen LogP contribution in [-0.2, 0) is 9.53 Å². The zero-order chi connectivity index (χ0) is 30.8. The van der Waals surface area contributed by atoms with Crippen LogP contribution < -0.4 is 4.90 Å². The fourth-order valence-corrected chi connectivity index (χ4v) is 5.17. The Kier molecular flexibility index (Phi) is 9.11. The molecule has 0 aliphatic heterocycles. The van der Waals surface area contributed by atoms with Crippen molar-refractivity contribution in [2.24, 2.45) is 0 Å². The molecule has 0 radical (unpaired) electrons. The number of aromatic nitrogens is 1. The number of carbonyl (C=O) groups excluding carboxylic acids is 3. The molecule has 1 aromatic heterocycles. The van der Waals surface area contributed by atoms with Gasteiger partial charge in [0.1, 0.15) is 17.1 Å². The largest absolute Gasteiger partial charge is 0.456 e. The number of anilines is 1. The van der Waals surface area contributed by atoms with E-state index in [1.54, 1.807) is 69.3 Å². The van der Waals surface area contributed by atoms with E-state index in [1.807, 2.05) is 0 Å². The molecule has 4 aromatic rings. The summed E-state index contributed by atoms with van der Waals surface area (Å²) in [6, 6.07) is 17.9. The molecule has 3 aromatic carbocycles. The summed E-state index contributed by atoms with van der Waals surface area (Å²) < 4.78 is 22.5. The molecule has 4 rings (SSSR count). The predicted molar refractivity (Wildman–Crippen MR) is 160 cm³/mol. The first-order valence-corrected chi connectivity index (χ1v) is 13.9. The standard InChI is InChI=1S/C31H26Cl3FN2O5/c1-18(38)37(31(33,34)17-26(39)19-11-13-21(35)14-12-19)22-8-5-7-20(15-22)27-16-25(36-42-27)28-23(9-6-10-24(28)32)29(40)41-30(2,3)4/h5-16H,17H2,1-4H3. The molecule has 1 heterocycles. The van der Waals surface area contributed by atoms with E-state index in [1.165, 1.54) is 19.1 Å². The van der Waals surface area contributed by atoms with Crippen molar-refractivity contribution in [2.45, 2.75) is 44.2 Å². The average Bonchev–Trinajstić information content (AvgIpc) is 3.37. The molecule has 218 valence electrons. The summed E-state index contributed by atoms with van der Waals surface area (Å²) in [5.41, 5.74) is 1.09. The lowest BCUT2D eigenvalue weighted by Gasteiger charge is -2.33. The van der Waals surface area contributed by atoms with Crippen LogP contribution in [0.15, 0.2) is 77.3 Å². The van der Waals surface area contributed by atoms with Crippen molar-refractivity contribution in [1.29, 1.82) is 0 Å². The fourth-order valence-electron chi connectivity index (χ4n) is 4.23. The summed E-state index contributed by atoms with van der Waals surface area (Å²) in [5.74, 6) is -1.78. The fraction of sp³-hybridized carbons (Fsp3) is 0.226. The molecule has 0 unspecified atom stereocenters. The lowest BCUT2D eigenvalue weighted by molar-refractivity contribution is -0.116. The minimum Gasteiger partial charge on any atom is -0.456 e. The van der Waals surface area contributed by atoms with Gasteiger partial charge in [-0.2, -0.15) is 0 Å². The Morgan fingerprint density at radius 3 is 2.29 bits per heavy atom. The Hall–Kier alpha value is -3.72. The summed E-state index contributed by atoms with van der Waals surface area (Å²) in [4.78, 5) is 39.5. The van der Waals surface area contributed by atoms with Gasteiger partial charge in [-0.05, 0) is 69.3 Å². The first-order chi connectivity index (χ1) is 19.7. The summed E-state index contributed by atoms with van der Waals surface area (Å²) in [6.07, 6.45) is -0.460. The topological polar surface area (TPSA) is 89.7 Å². The summed E-state index contributed by atoms with van der Waals surface area (Å²) in [6.45, 7) is 6.54. The van der Waals surface area contributed by atoms with Gasteiger partial charge in [0.25, 0.3) is 0 Å². The smallest absolute Gasteiger partial charge is 0.339 e. The van der Waals surface area contributed by atoms with E-state index >= 15 is 0 Å². The number of benzene rings is 3. The molecule has 7 nitrogen and oxygen atoms in total. The second kappa shape index (κ2) is 12.3. The van der Waals surface area contributed by atoms with E-state index in [9.17, 15) is 18.8 Å². The Bertz CT molecular complexity index is 1650. The van der Waals surface area contributed by atoms with Crippen molar-refractivity contribution in [3.05, 3.63) is 94.8 Å². The third-order valence-electron chi connectivity index (χ3n) is 5.97. The molecular weight excluding hydrogens is 606 g/mol. The van der Waals surface area contributed by atoms with Crippen molar-refractivity contribution in [1.82, 2.24) is 5.16 Å². The van der Waals surface area contributed by atoms with Crippen LogP contribution in [0.4, 0.5) is 10.1 Å². The summed E-state index contributed by atoms with van der Waals surface area (Å²) in [7, 11) is 0. The number of alkyl halides is 2. The van der Waals surface area contributed by atoms with Crippen LogP contribution in [0.2, 0.25) is 5.02 Å². The second-order valence-electron chi connectivity index (χ2n) is 10.4. The maximum atomic E-state index is 13.3. The zero-order valence-electron chi connectivity index (χ0n) is 23.1. The van der Waals surface area contributed by atoms with Crippen LogP contribution in [0.5, 0.6) is 0 Å². The van der Waals surface area contributed by atoms with Gasteiger partial charge in [0, 0.05) is 35.4 Å². The highest BCUT2D eigenvalue weighted by molar-refractivity contribution is 6.52. The number of nitrogens with zero attached hydrogens (tertiary/aromatic N) is 2. The number of amides is 1. The average molecular weight is 632 g/mol. The molecular formula is C31H26Cl3FN2O5. The number of rotatable bonds is 8. The van der Waals surface area contributed by atoms with Gasteiger partial charge in [-0.25, -0.2) is 9.18 Å². The predicted octanol–water partition coefficient (Wildman–Crippen LogP) is 8.51. The Morgan fingerprint density at radius 1 is 0.976 bits per heavy atom. The van der Waals surface area contributed by atoms with Crippen molar-refractivity contribution < 1.29 is 28.0 Å². The quantitative estimate of drug-likeness (QED) is 0.0838. The van der Waals surface area contributed by atoms with Gasteiger partial charge < -0.3 is 9.26 Å². The van der Waals surface area contributed by atoms with Crippen LogP contribution in [0.3, 0.4) is 0 Å². The van der Waals surface area contributed by atoms with Gasteiger partial charge in [-0.15, -0.1) is 0 Å². The van der Waals surface area contributed by atoms with Crippen molar-refractivity contribution in [2.75, 3.05) is 4.90 Å². The molecule has 0 spiro atoms. The first-order valence-electron chi connectivity index (χ1n) is 12.7. The molecule has 0 fully saturated rings. The Morgan fingerprint density at radius 2 is 1.64 bits per heavy atom. The normalized spacial score (nSPS) is 11.7. The maximum Gasteiger partial charge on any atom is 0.339 e. The number of carbonyl (C=O) groups is 3. The number of Topliss-reactive ketones (excluding diaryl/α,β-unsaturated/α-hetero) is 1. The number of hydrogen-bond acceptors (Lipinski definition) is 6. The molecule has 0 N–H and O–H groups in total. The molecule has 0 atom stereocenters. The third kappa shape index (κ3) is 7.18. The molecule has 11 heteroatoms. The van der Waals surface area contributed by atoms with E-state index in [-0.39, 0.29) is 21.8 Å². The number of ether oxygens (including phenoxy) is 1. The first kappa shape index (κ1) is 31.2. The van der Waals surface area contributed by atoms with Crippen LogP contribution >= 0.6 is 34.8 Å². The number of ketones is 1. The Balaban J connectivity index is 1.66. The van der Waals surface area contributed by atoms with E-state index < -0.39 is 40.0 Å². The van der Waals surface area contributed by atoms with Gasteiger partial charge in [0.2, 0.25) is 10.4 Å². The van der Waals surface area contributed by atoms with Crippen LogP contribution in [-0.4, -0.2) is 32.9 Å². The maximum absolute atomic E-state index is 13.3. The van der Waals surface area contributed by atoms with E-state index in [0.29, 0.717) is 22.6 Å². The number of halogens is 4. The van der Waals surface area contributed by atoms with Gasteiger partial charge in [0.15, 0.2) is 11.5 Å². The lowest BCUT2D eigenvalue weighted by Crippen LogP contribution is -2.44. The lowest BCUT2D eigenvalue weighted by atomic mass is 10.0. The SMILES string of the molecule is CC(=O)N(c1cccc(-c2cc(-c3c(Cl)cccc3C(=O)OC(C)(C)C)no2)c1)C(Cl)(Cl)CC(=O)c1ccc(F)cc1. The molecule has 0 bridgehead atoms. The minimum absolute atomic E-state index is 0.193. The van der Waals surface area contributed by atoms with Gasteiger partial charge >= 0.3 is 5.97 Å². The van der Waals surface area contributed by atoms with Crippen molar-refractivity contribution in [3.63, 3.8) is 0 Å². The molecule has 0 aliphatic carbocycles. The van der Waals surface area contributed by atoms with E-state index in [0.717, 1.165) is 17.0 Å². The second-order valence-corrected chi connectivity index (χ2v) is 12.3. The van der Waals surface area contributed by atoms with Crippen LogP contribution in [0, 0.1) is 5.82 Å². The van der Waals surface area contributed by atoms with Gasteiger partial charge in [-0.3, -0.25) is 14.5 Å². The summed E-state index contributed by atoms with van der Waals surface area (Å²) >= 11 is 19.6. The number of hydrogen-bond donors (Lipinski definition) is 0. The van der Waals surface area contributed by atoms with Crippen LogP contribution in [0.1, 0.15) is 54.8 Å². The molecule has 0 aliphatic rings. The highest BCUT2D eigenvalue weighted by Gasteiger charge is 2.38. The van der Waals surface area contributed by atoms with Crippen LogP contribution in [0.25, 0.3) is 22.6 Å². The number of esters is 1. The zero-order valence-corrected chi connectivity index (χ0v) is 25.4. The summed E-state index contributed by atoms with van der Waals surface area (Å²) in [5, 5.41) is 4.40. The minimum atomic E-state index is -1.97. The monoisotopic (exact) mass is 630 g/mol. The highest BCUT2D eigenvalue weighted by atomic mass is 35.5. The molecule has 1 amide bonds. The van der Waals surface area contributed by atoms with Crippen molar-refractivity contribution >= 4 is 58.1 Å². The third-order valence-corrected chi connectivity index (χ3v) is 6.89. The molecule has 42 heavy (non-hydrogen) atoms. The van der Waals surface area contributed by atoms with Gasteiger partial charge in [0.05, 0.1) is 17.0 Å². The van der Waals surface area contributed by atoms with E-state index in [2.05, 4.69) is 5.16 Å². The molecule has 0 saturated heterocycles. The molecule has 0 saturated carbocycles. The van der Waals surface area contributed by atoms with Crippen molar-refractivity contribution in [3.8, 4) is 22.6 Å².